The number of nitrogens with one attached hydrogen (secondary N) is 2. The number of amides is 2. The number of guanidine groups is 1. The Bertz CT molecular complexity index is 949. The minimum Gasteiger partial charge on any atom is -1.00 e. The third kappa shape index (κ3) is 11.5. The average Bonchev–Trinajstić information content (AvgIpc) is 3.32. The van der Waals surface area contributed by atoms with E-state index < -0.39 is 12.1 Å². The van der Waals surface area contributed by atoms with Gasteiger partial charge in [0.15, 0.2) is 0 Å². The summed E-state index contributed by atoms with van der Waals surface area (Å²) < 4.78 is 0. The van der Waals surface area contributed by atoms with E-state index >= 15 is 0 Å². The molecule has 2 aromatic rings. The van der Waals surface area contributed by atoms with Gasteiger partial charge in [-0.05, 0) is 43.2 Å². The Labute approximate surface area is 243 Å². The number of quaternary nitrogens is 1. The Hall–Kier alpha value is -2.07. The molecule has 9 N–H and O–H groups in total. The van der Waals surface area contributed by atoms with Gasteiger partial charge in [0.05, 0.1) is 18.6 Å². The highest BCUT2D eigenvalue weighted by Gasteiger charge is 2.36. The van der Waals surface area contributed by atoms with Gasteiger partial charge in [0.2, 0.25) is 11.8 Å². The molecule has 0 aliphatic carbocycles. The molecule has 0 unspecified atom stereocenters. The van der Waals surface area contributed by atoms with Crippen molar-refractivity contribution in [2.45, 2.75) is 50.2 Å². The molecule has 1 fully saturated rings. The van der Waals surface area contributed by atoms with E-state index in [0.717, 1.165) is 17.5 Å². The Morgan fingerprint density at radius 2 is 1.65 bits per heavy atom. The number of nitrogens with zero attached hydrogens (tertiary/aromatic N) is 1. The maximum absolute atomic E-state index is 13.3. The van der Waals surface area contributed by atoms with E-state index in [1.165, 1.54) is 0 Å². The lowest BCUT2D eigenvalue weighted by Gasteiger charge is -2.28. The lowest BCUT2D eigenvalue weighted by molar-refractivity contribution is -0.504. The van der Waals surface area contributed by atoms with Crippen LogP contribution < -0.4 is 64.7 Å². The van der Waals surface area contributed by atoms with Crippen molar-refractivity contribution in [3.8, 4) is 0 Å². The summed E-state index contributed by atoms with van der Waals surface area (Å²) in [5.41, 5.74) is 17.4. The lowest BCUT2D eigenvalue weighted by atomic mass is 9.98. The molecule has 1 saturated heterocycles. The standard InChI is InChI=1S/C25H34N6O2.4ClH/c26-20(13-7-15-29-25(27)28)24(33)31-16-8-14-22(31)23(32)30-21(19-11-5-2-6-12-19)17-18-9-3-1-4-10-18;;;;/h1-6,9-12,20-22H,7-8,13-17,26H2,(H,30,32)(H4,27,28,29);4*1H/p-1/t20-,21-,22-;;;;/m0..../s1. The summed E-state index contributed by atoms with van der Waals surface area (Å²) in [7, 11) is 0. The summed E-state index contributed by atoms with van der Waals surface area (Å²) in [6.45, 7) is 1.16. The zero-order valence-corrected chi connectivity index (χ0v) is 23.7. The SMILES string of the molecule is Cl.NC([NH3+])=[NH+]CCC[C@H](N)C(=O)N1CCC[C@H]1C(=O)N[C@@H](Cc1ccccc1)c1ccccc1.[Cl-].[Cl-].[Cl-]. The molecule has 208 valence electrons. The summed E-state index contributed by atoms with van der Waals surface area (Å²) in [6.07, 6.45) is 3.33. The predicted molar refractivity (Wildman–Crippen MR) is 135 cm³/mol. The first kappa shape index (κ1) is 37.1. The van der Waals surface area contributed by atoms with Crippen LogP contribution in [0.3, 0.4) is 0 Å². The molecule has 0 spiro atoms. The number of halogens is 4. The number of carbonyl (C=O) groups is 2. The second-order valence-electron chi connectivity index (χ2n) is 8.55. The van der Waals surface area contributed by atoms with Crippen LogP contribution in [0.1, 0.15) is 42.9 Å². The van der Waals surface area contributed by atoms with Crippen molar-refractivity contribution in [3.63, 3.8) is 0 Å². The molecular weight excluding hydrogens is 558 g/mol. The third-order valence-electron chi connectivity index (χ3n) is 6.00. The van der Waals surface area contributed by atoms with E-state index in [4.69, 9.17) is 11.5 Å². The molecule has 1 aliphatic rings. The summed E-state index contributed by atoms with van der Waals surface area (Å²) in [4.78, 5) is 30.9. The van der Waals surface area contributed by atoms with Crippen LogP contribution in [0.5, 0.6) is 0 Å². The Morgan fingerprint density at radius 1 is 1.05 bits per heavy atom. The van der Waals surface area contributed by atoms with Crippen molar-refractivity contribution in [2.75, 3.05) is 13.1 Å². The number of carbonyl (C=O) groups excluding carboxylic acids is 2. The smallest absolute Gasteiger partial charge is 0.434 e. The summed E-state index contributed by atoms with van der Waals surface area (Å²) in [5, 5.41) is 3.21. The first-order valence-electron chi connectivity index (χ1n) is 11.6. The number of benzene rings is 2. The fraction of sp³-hybridized carbons (Fsp3) is 0.400. The van der Waals surface area contributed by atoms with Gasteiger partial charge < -0.3 is 53.2 Å². The maximum atomic E-state index is 13.3. The Kier molecular flexibility index (Phi) is 19.1. The van der Waals surface area contributed by atoms with Crippen molar-refractivity contribution in [2.24, 2.45) is 11.5 Å². The van der Waals surface area contributed by atoms with E-state index in [1.54, 1.807) is 4.90 Å². The van der Waals surface area contributed by atoms with E-state index in [2.05, 4.69) is 28.2 Å². The molecule has 12 heteroatoms. The molecular formula is C25H37Cl4N6O2-. The molecule has 2 aromatic carbocycles. The van der Waals surface area contributed by atoms with Crippen LogP contribution in [0, 0.1) is 0 Å². The van der Waals surface area contributed by atoms with E-state index in [-0.39, 0.29) is 67.5 Å². The predicted octanol–water partition coefficient (Wildman–Crippen LogP) is -9.74. The largest absolute Gasteiger partial charge is 1.00 e. The molecule has 0 saturated carbocycles. The zero-order valence-electron chi connectivity index (χ0n) is 20.6. The Balaban J connectivity index is 0. The minimum absolute atomic E-state index is 0. The van der Waals surface area contributed by atoms with Crippen LogP contribution in [0.4, 0.5) is 0 Å². The van der Waals surface area contributed by atoms with Gasteiger partial charge in [-0.2, -0.15) is 0 Å². The zero-order chi connectivity index (χ0) is 23.6. The van der Waals surface area contributed by atoms with Gasteiger partial charge in [-0.25, -0.2) is 10.7 Å². The van der Waals surface area contributed by atoms with Crippen LogP contribution >= 0.6 is 12.4 Å². The summed E-state index contributed by atoms with van der Waals surface area (Å²) in [5.74, 6) is 0.104. The lowest BCUT2D eigenvalue weighted by Crippen LogP contribution is -3.00. The number of hydrogen-bond donors (Lipinski definition) is 5. The summed E-state index contributed by atoms with van der Waals surface area (Å²) in [6, 6.07) is 18.7. The first-order valence-corrected chi connectivity index (χ1v) is 11.6. The van der Waals surface area contributed by atoms with Crippen molar-refractivity contribution >= 4 is 30.2 Å². The molecule has 2 amide bonds. The van der Waals surface area contributed by atoms with E-state index in [1.807, 2.05) is 48.5 Å². The third-order valence-corrected chi connectivity index (χ3v) is 6.00. The number of nitrogens with two attached hydrogens (primary N) is 2. The second kappa shape index (κ2) is 19.1. The highest BCUT2D eigenvalue weighted by molar-refractivity contribution is 5.90. The molecule has 3 rings (SSSR count). The van der Waals surface area contributed by atoms with Gasteiger partial charge in [0.25, 0.3) is 0 Å². The van der Waals surface area contributed by atoms with Gasteiger partial charge in [-0.1, -0.05) is 60.7 Å². The molecule has 0 bridgehead atoms. The quantitative estimate of drug-likeness (QED) is 0.106. The normalized spacial score (nSPS) is 16.1. The van der Waals surface area contributed by atoms with Crippen molar-refractivity contribution < 1.29 is 57.5 Å². The topological polar surface area (TPSA) is 143 Å². The Morgan fingerprint density at radius 3 is 2.24 bits per heavy atom. The molecule has 37 heavy (non-hydrogen) atoms. The average molecular weight is 595 g/mol. The molecule has 0 aromatic heterocycles. The molecule has 3 atom stereocenters. The van der Waals surface area contributed by atoms with Gasteiger partial charge in [0, 0.05) is 6.54 Å². The monoisotopic (exact) mass is 593 g/mol. The van der Waals surface area contributed by atoms with Crippen molar-refractivity contribution in [1.29, 1.82) is 0 Å². The van der Waals surface area contributed by atoms with Gasteiger partial charge >= 0.3 is 5.96 Å². The van der Waals surface area contributed by atoms with Crippen LogP contribution in [0.2, 0.25) is 0 Å². The maximum Gasteiger partial charge on any atom is 0.434 e. The van der Waals surface area contributed by atoms with Gasteiger partial charge in [-0.15, -0.1) is 12.4 Å². The van der Waals surface area contributed by atoms with Crippen molar-refractivity contribution in [3.05, 3.63) is 71.8 Å². The van der Waals surface area contributed by atoms with E-state index in [0.29, 0.717) is 44.7 Å². The summed E-state index contributed by atoms with van der Waals surface area (Å²) >= 11 is 0. The number of likely N-dealkylation sites (tertiary alicyclic amines) is 1. The second-order valence-corrected chi connectivity index (χ2v) is 8.55. The van der Waals surface area contributed by atoms with E-state index in [9.17, 15) is 9.59 Å². The molecule has 0 radical (unpaired) electrons. The van der Waals surface area contributed by atoms with Crippen LogP contribution in [-0.4, -0.2) is 47.8 Å². The number of rotatable bonds is 10. The fourth-order valence-corrected chi connectivity index (χ4v) is 4.27. The van der Waals surface area contributed by atoms with Crippen molar-refractivity contribution in [1.82, 2.24) is 10.2 Å². The molecule has 8 nitrogen and oxygen atoms in total. The highest BCUT2D eigenvalue weighted by atomic mass is 35.5. The highest BCUT2D eigenvalue weighted by Crippen LogP contribution is 2.23. The minimum atomic E-state index is -0.638. The fourth-order valence-electron chi connectivity index (χ4n) is 4.27. The molecule has 1 aliphatic heterocycles. The van der Waals surface area contributed by atoms with Crippen LogP contribution in [0.25, 0.3) is 0 Å². The first-order chi connectivity index (χ1) is 16.0. The molecule has 1 heterocycles. The van der Waals surface area contributed by atoms with Gasteiger partial charge in [-0.3, -0.25) is 15.3 Å². The van der Waals surface area contributed by atoms with Crippen LogP contribution in [0.15, 0.2) is 60.7 Å². The number of hydrogen-bond acceptors (Lipinski definition) is 3. The van der Waals surface area contributed by atoms with Crippen LogP contribution in [-0.2, 0) is 16.0 Å². The van der Waals surface area contributed by atoms with Gasteiger partial charge in [0.1, 0.15) is 6.04 Å².